The molecule has 1 aromatic rings. The Morgan fingerprint density at radius 2 is 2.24 bits per heavy atom. The summed E-state index contributed by atoms with van der Waals surface area (Å²) in [4.78, 5) is 11.4. The molecular weight excluding hydrogens is 262 g/mol. The number of rotatable bonds is 6. The zero-order chi connectivity index (χ0) is 12.9. The second kappa shape index (κ2) is 5.87. The summed E-state index contributed by atoms with van der Waals surface area (Å²) in [6, 6.07) is 0. The van der Waals surface area contributed by atoms with Gasteiger partial charge in [-0.05, 0) is 6.42 Å². The maximum Gasteiger partial charge on any atom is 0.241 e. The summed E-state index contributed by atoms with van der Waals surface area (Å²) in [7, 11) is -3.42. The van der Waals surface area contributed by atoms with E-state index in [-0.39, 0.29) is 5.75 Å². The molecule has 0 aliphatic carbocycles. The van der Waals surface area contributed by atoms with Crippen molar-refractivity contribution >= 4 is 32.2 Å². The number of amides is 1. The third kappa shape index (κ3) is 4.61. The van der Waals surface area contributed by atoms with Crippen molar-refractivity contribution in [1.29, 1.82) is 0 Å². The molecule has 0 aliphatic rings. The van der Waals surface area contributed by atoms with Gasteiger partial charge in [0.1, 0.15) is 10.8 Å². The van der Waals surface area contributed by atoms with E-state index >= 15 is 0 Å². The molecule has 1 heterocycles. The maximum absolute atomic E-state index is 11.4. The van der Waals surface area contributed by atoms with Crippen molar-refractivity contribution in [3.05, 3.63) is 17.7 Å². The maximum atomic E-state index is 11.4. The van der Waals surface area contributed by atoms with Crippen LogP contribution in [0.2, 0.25) is 0 Å². The van der Waals surface area contributed by atoms with E-state index in [1.807, 2.05) is 6.92 Å². The van der Waals surface area contributed by atoms with E-state index in [4.69, 9.17) is 0 Å². The van der Waals surface area contributed by atoms with Gasteiger partial charge in [-0.1, -0.05) is 24.3 Å². The van der Waals surface area contributed by atoms with Gasteiger partial charge in [0.05, 0.1) is 5.75 Å². The Kier molecular flexibility index (Phi) is 4.76. The quantitative estimate of drug-likeness (QED) is 0.770. The largest absolute Gasteiger partial charge is 0.300 e. The van der Waals surface area contributed by atoms with Crippen LogP contribution in [-0.2, 0) is 21.1 Å². The summed E-state index contributed by atoms with van der Waals surface area (Å²) in [5.74, 6) is -1.39. The fourth-order valence-corrected chi connectivity index (χ4v) is 2.68. The lowest BCUT2D eigenvalue weighted by Crippen LogP contribution is -2.24. The number of anilines is 1. The molecule has 94 valence electrons. The van der Waals surface area contributed by atoms with Crippen molar-refractivity contribution in [2.45, 2.75) is 13.3 Å². The van der Waals surface area contributed by atoms with Gasteiger partial charge in [-0.3, -0.25) is 10.1 Å². The molecule has 0 radical (unpaired) electrons. The Labute approximate surface area is 104 Å². The lowest BCUT2D eigenvalue weighted by molar-refractivity contribution is -0.113. The predicted octanol–water partition coefficient (Wildman–Crippen LogP) is 0.640. The molecule has 0 spiro atoms. The minimum Gasteiger partial charge on any atom is -0.300 e. The van der Waals surface area contributed by atoms with E-state index in [0.717, 1.165) is 11.4 Å². The molecule has 8 heteroatoms. The minimum absolute atomic E-state index is 0.212. The monoisotopic (exact) mass is 275 g/mol. The molecule has 1 amide bonds. The molecule has 1 aromatic heterocycles. The van der Waals surface area contributed by atoms with E-state index in [0.29, 0.717) is 5.13 Å². The Morgan fingerprint density at radius 1 is 1.53 bits per heavy atom. The number of aromatic nitrogens is 2. The normalized spacial score (nSPS) is 11.1. The van der Waals surface area contributed by atoms with Crippen molar-refractivity contribution in [1.82, 2.24) is 10.2 Å². The highest BCUT2D eigenvalue weighted by molar-refractivity contribution is 7.92. The van der Waals surface area contributed by atoms with Crippen LogP contribution >= 0.6 is 11.3 Å². The average Bonchev–Trinajstić information content (AvgIpc) is 2.64. The highest BCUT2D eigenvalue weighted by Crippen LogP contribution is 2.15. The second-order valence-electron chi connectivity index (χ2n) is 3.25. The van der Waals surface area contributed by atoms with E-state index in [2.05, 4.69) is 22.1 Å². The van der Waals surface area contributed by atoms with Crippen LogP contribution in [0.4, 0.5) is 5.13 Å². The van der Waals surface area contributed by atoms with Crippen LogP contribution in [0.5, 0.6) is 0 Å². The molecule has 1 rings (SSSR count). The van der Waals surface area contributed by atoms with Crippen molar-refractivity contribution in [3.8, 4) is 0 Å². The summed E-state index contributed by atoms with van der Waals surface area (Å²) in [6.45, 7) is 5.24. The van der Waals surface area contributed by atoms with Gasteiger partial charge in [-0.2, -0.15) is 0 Å². The Bertz CT molecular complexity index is 507. The molecule has 0 unspecified atom stereocenters. The highest BCUT2D eigenvalue weighted by atomic mass is 32.2. The Balaban J connectivity index is 2.58. The number of sulfone groups is 1. The first-order valence-corrected chi connectivity index (χ1v) is 7.54. The molecule has 1 N–H and O–H groups in total. The SMILES string of the molecule is C=CCS(=O)(=O)CC(=O)Nc1nnc(CC)s1. The van der Waals surface area contributed by atoms with Gasteiger partial charge in [0, 0.05) is 0 Å². The fourth-order valence-electron chi connectivity index (χ4n) is 1.04. The molecule has 17 heavy (non-hydrogen) atoms. The van der Waals surface area contributed by atoms with Crippen LogP contribution < -0.4 is 5.32 Å². The van der Waals surface area contributed by atoms with E-state index in [1.54, 1.807) is 0 Å². The van der Waals surface area contributed by atoms with E-state index in [1.165, 1.54) is 17.4 Å². The summed E-state index contributed by atoms with van der Waals surface area (Å²) < 4.78 is 22.7. The number of aryl methyl sites for hydroxylation is 1. The van der Waals surface area contributed by atoms with Crippen LogP contribution in [-0.4, -0.2) is 36.0 Å². The lowest BCUT2D eigenvalue weighted by atomic mass is 10.5. The van der Waals surface area contributed by atoms with E-state index in [9.17, 15) is 13.2 Å². The first-order chi connectivity index (χ1) is 7.96. The first kappa shape index (κ1) is 13.8. The van der Waals surface area contributed by atoms with Gasteiger partial charge < -0.3 is 0 Å². The standard InChI is InChI=1S/C9H13N3O3S2/c1-3-5-17(14,15)6-7(13)10-9-12-11-8(4-2)16-9/h3H,1,4-6H2,2H3,(H,10,12,13). The molecular formula is C9H13N3O3S2. The third-order valence-electron chi connectivity index (χ3n) is 1.74. The van der Waals surface area contributed by atoms with Crippen LogP contribution in [0.15, 0.2) is 12.7 Å². The molecule has 0 aromatic carbocycles. The van der Waals surface area contributed by atoms with Crippen LogP contribution in [0.1, 0.15) is 11.9 Å². The summed E-state index contributed by atoms with van der Waals surface area (Å²) >= 11 is 1.23. The zero-order valence-electron chi connectivity index (χ0n) is 9.34. The van der Waals surface area contributed by atoms with Crippen molar-refractivity contribution in [3.63, 3.8) is 0 Å². The van der Waals surface area contributed by atoms with Crippen LogP contribution in [0, 0.1) is 0 Å². The molecule has 0 fully saturated rings. The number of hydrogen-bond acceptors (Lipinski definition) is 6. The third-order valence-corrected chi connectivity index (χ3v) is 4.17. The van der Waals surface area contributed by atoms with Gasteiger partial charge in [0.25, 0.3) is 0 Å². The number of nitrogens with one attached hydrogen (secondary N) is 1. The summed E-state index contributed by atoms with van der Waals surface area (Å²) in [6.07, 6.45) is 1.98. The topological polar surface area (TPSA) is 89.0 Å². The number of carbonyl (C=O) groups is 1. The zero-order valence-corrected chi connectivity index (χ0v) is 11.0. The molecule has 0 saturated heterocycles. The molecule has 0 saturated carbocycles. The Morgan fingerprint density at radius 3 is 2.76 bits per heavy atom. The van der Waals surface area contributed by atoms with Crippen LogP contribution in [0.3, 0.4) is 0 Å². The van der Waals surface area contributed by atoms with Crippen molar-refractivity contribution < 1.29 is 13.2 Å². The lowest BCUT2D eigenvalue weighted by Gasteiger charge is -2.00. The first-order valence-electron chi connectivity index (χ1n) is 4.90. The number of nitrogens with zero attached hydrogens (tertiary/aromatic N) is 2. The van der Waals surface area contributed by atoms with Gasteiger partial charge in [-0.15, -0.1) is 16.8 Å². The number of hydrogen-bond donors (Lipinski definition) is 1. The average molecular weight is 275 g/mol. The van der Waals surface area contributed by atoms with E-state index < -0.39 is 21.5 Å². The van der Waals surface area contributed by atoms with Gasteiger partial charge in [0.2, 0.25) is 11.0 Å². The second-order valence-corrected chi connectivity index (χ2v) is 6.42. The van der Waals surface area contributed by atoms with Gasteiger partial charge >= 0.3 is 0 Å². The summed E-state index contributed by atoms with van der Waals surface area (Å²) in [5, 5.41) is 11.0. The van der Waals surface area contributed by atoms with Crippen molar-refractivity contribution in [2.24, 2.45) is 0 Å². The molecule has 0 atom stereocenters. The summed E-state index contributed by atoms with van der Waals surface area (Å²) in [5.41, 5.74) is 0. The Hall–Kier alpha value is -1.28. The molecule has 6 nitrogen and oxygen atoms in total. The molecule has 0 bridgehead atoms. The fraction of sp³-hybridized carbons (Fsp3) is 0.444. The van der Waals surface area contributed by atoms with Crippen LogP contribution in [0.25, 0.3) is 0 Å². The van der Waals surface area contributed by atoms with Crippen molar-refractivity contribution in [2.75, 3.05) is 16.8 Å². The van der Waals surface area contributed by atoms with Gasteiger partial charge in [-0.25, -0.2) is 8.42 Å². The number of carbonyl (C=O) groups excluding carboxylic acids is 1. The molecule has 0 aliphatic heterocycles. The van der Waals surface area contributed by atoms with Gasteiger partial charge in [0.15, 0.2) is 9.84 Å². The smallest absolute Gasteiger partial charge is 0.241 e. The minimum atomic E-state index is -3.42. The highest BCUT2D eigenvalue weighted by Gasteiger charge is 2.16. The predicted molar refractivity (Wildman–Crippen MR) is 66.8 cm³/mol.